The van der Waals surface area contributed by atoms with Crippen molar-refractivity contribution in [3.8, 4) is 0 Å². The van der Waals surface area contributed by atoms with E-state index in [1.165, 1.54) is 0 Å². The first-order valence-electron chi connectivity index (χ1n) is 7.81. The van der Waals surface area contributed by atoms with Crippen LogP contribution in [0.15, 0.2) is 30.3 Å². The average molecular weight is 358 g/mol. The number of sulfone groups is 2. The Balaban J connectivity index is 1.73. The van der Waals surface area contributed by atoms with Gasteiger partial charge in [0.15, 0.2) is 19.7 Å². The van der Waals surface area contributed by atoms with Gasteiger partial charge in [0.2, 0.25) is 0 Å². The summed E-state index contributed by atoms with van der Waals surface area (Å²) in [7, 11) is -5.96. The highest BCUT2D eigenvalue weighted by molar-refractivity contribution is 7.91. The number of nitrogens with one attached hydrogen (secondary N) is 1. The van der Waals surface area contributed by atoms with Crippen LogP contribution in [-0.4, -0.2) is 56.9 Å². The van der Waals surface area contributed by atoms with Crippen LogP contribution in [0, 0.1) is 0 Å². The monoisotopic (exact) mass is 358 g/mol. The molecule has 0 radical (unpaired) electrons. The molecule has 2 aliphatic rings. The predicted molar refractivity (Wildman–Crippen MR) is 89.2 cm³/mol. The smallest absolute Gasteiger partial charge is 0.151 e. The quantitative estimate of drug-likeness (QED) is 0.766. The van der Waals surface area contributed by atoms with E-state index >= 15 is 0 Å². The lowest BCUT2D eigenvalue weighted by Gasteiger charge is -2.31. The third kappa shape index (κ3) is 4.53. The van der Waals surface area contributed by atoms with Crippen LogP contribution in [0.25, 0.3) is 0 Å². The number of hydrogen-bond acceptors (Lipinski definition) is 6. The second kappa shape index (κ2) is 6.51. The van der Waals surface area contributed by atoms with Gasteiger partial charge in [0.1, 0.15) is 0 Å². The lowest BCUT2D eigenvalue weighted by Crippen LogP contribution is -2.50. The molecule has 1 aromatic rings. The first-order chi connectivity index (χ1) is 10.8. The minimum atomic E-state index is -2.99. The van der Waals surface area contributed by atoms with Crippen LogP contribution < -0.4 is 5.43 Å². The molecule has 2 aliphatic heterocycles. The van der Waals surface area contributed by atoms with Gasteiger partial charge in [-0.05, 0) is 18.4 Å². The van der Waals surface area contributed by atoms with Crippen molar-refractivity contribution >= 4 is 19.7 Å². The second-order valence-electron chi connectivity index (χ2n) is 6.40. The Hall–Kier alpha value is -0.960. The Labute approximate surface area is 137 Å². The zero-order valence-electron chi connectivity index (χ0n) is 12.9. The maximum atomic E-state index is 11.8. The molecule has 0 aliphatic carbocycles. The van der Waals surface area contributed by atoms with Gasteiger partial charge in [0.05, 0.1) is 23.0 Å². The largest absolute Gasteiger partial charge is 0.250 e. The van der Waals surface area contributed by atoms with Gasteiger partial charge in [-0.25, -0.2) is 21.8 Å². The van der Waals surface area contributed by atoms with Crippen molar-refractivity contribution in [3.05, 3.63) is 35.9 Å². The minimum absolute atomic E-state index is 0.108. The summed E-state index contributed by atoms with van der Waals surface area (Å²) in [6.07, 6.45) is 1.16. The predicted octanol–water partition coefficient (Wildman–Crippen LogP) is 0.367. The van der Waals surface area contributed by atoms with E-state index in [9.17, 15) is 16.8 Å². The molecule has 3 rings (SSSR count). The zero-order valence-corrected chi connectivity index (χ0v) is 14.5. The normalized spacial score (nSPS) is 29.1. The Bertz CT molecular complexity index is 747. The molecule has 0 saturated carbocycles. The molecule has 2 saturated heterocycles. The molecule has 8 heteroatoms. The van der Waals surface area contributed by atoms with E-state index in [0.29, 0.717) is 19.4 Å². The summed E-state index contributed by atoms with van der Waals surface area (Å²) >= 11 is 0. The fourth-order valence-corrected chi connectivity index (χ4v) is 6.61. The molecule has 6 nitrogen and oxygen atoms in total. The van der Waals surface area contributed by atoms with E-state index < -0.39 is 19.7 Å². The summed E-state index contributed by atoms with van der Waals surface area (Å²) < 4.78 is 46.9. The van der Waals surface area contributed by atoms with E-state index in [1.807, 2.05) is 35.3 Å². The summed E-state index contributed by atoms with van der Waals surface area (Å²) in [5.41, 5.74) is 4.36. The maximum absolute atomic E-state index is 11.8. The topological polar surface area (TPSA) is 83.6 Å². The molecule has 2 fully saturated rings. The minimum Gasteiger partial charge on any atom is -0.250 e. The highest BCUT2D eigenvalue weighted by Crippen LogP contribution is 2.20. The molecule has 2 atom stereocenters. The molecule has 23 heavy (non-hydrogen) atoms. The molecule has 0 spiro atoms. The van der Waals surface area contributed by atoms with E-state index in [-0.39, 0.29) is 35.1 Å². The van der Waals surface area contributed by atoms with Gasteiger partial charge < -0.3 is 0 Å². The molecule has 1 aromatic carbocycles. The fourth-order valence-electron chi connectivity index (χ4n) is 3.21. The Morgan fingerprint density at radius 2 is 1.61 bits per heavy atom. The summed E-state index contributed by atoms with van der Waals surface area (Å²) in [5, 5.41) is 1.94. The van der Waals surface area contributed by atoms with Gasteiger partial charge in [0.25, 0.3) is 0 Å². The van der Waals surface area contributed by atoms with E-state index in [4.69, 9.17) is 0 Å². The zero-order chi connectivity index (χ0) is 16.5. The van der Waals surface area contributed by atoms with Crippen LogP contribution in [0.5, 0.6) is 0 Å². The second-order valence-corrected chi connectivity index (χ2v) is 10.9. The van der Waals surface area contributed by atoms with Crippen molar-refractivity contribution in [2.45, 2.75) is 31.5 Å². The highest BCUT2D eigenvalue weighted by atomic mass is 32.2. The van der Waals surface area contributed by atoms with Crippen molar-refractivity contribution in [2.24, 2.45) is 0 Å². The molecular formula is C15H22N2O4S2. The van der Waals surface area contributed by atoms with E-state index in [1.54, 1.807) is 0 Å². The maximum Gasteiger partial charge on any atom is 0.151 e. The van der Waals surface area contributed by atoms with Crippen LogP contribution in [0.2, 0.25) is 0 Å². The average Bonchev–Trinajstić information content (AvgIpc) is 3.01. The molecule has 2 heterocycles. The highest BCUT2D eigenvalue weighted by Gasteiger charge is 2.35. The first kappa shape index (κ1) is 16.9. The Morgan fingerprint density at radius 3 is 2.17 bits per heavy atom. The third-order valence-electron chi connectivity index (χ3n) is 4.43. The third-order valence-corrected chi connectivity index (χ3v) is 7.94. The van der Waals surface area contributed by atoms with Crippen LogP contribution in [-0.2, 0) is 26.2 Å². The summed E-state index contributed by atoms with van der Waals surface area (Å²) in [4.78, 5) is 0. The number of rotatable bonds is 5. The molecule has 0 bridgehead atoms. The van der Waals surface area contributed by atoms with Gasteiger partial charge in [0, 0.05) is 18.6 Å². The lowest BCUT2D eigenvalue weighted by molar-refractivity contribution is 0.108. The van der Waals surface area contributed by atoms with Crippen molar-refractivity contribution < 1.29 is 16.8 Å². The van der Waals surface area contributed by atoms with Gasteiger partial charge in [-0.3, -0.25) is 5.43 Å². The van der Waals surface area contributed by atoms with Crippen LogP contribution in [0.1, 0.15) is 18.4 Å². The van der Waals surface area contributed by atoms with Gasteiger partial charge in [-0.1, -0.05) is 30.3 Å². The standard InChI is InChI=1S/C15H22N2O4S2/c18-22(19)8-6-14(11-22)16-17(10-13-4-2-1-3-5-13)15-7-9-23(20,21)12-15/h1-5,14-16H,6-12H2/t14-,15+/m0/s1. The SMILES string of the molecule is O=S1(=O)CC[C@H](NN(Cc2ccccc2)[C@@H]2CCS(=O)(=O)C2)C1. The van der Waals surface area contributed by atoms with Crippen molar-refractivity contribution in [1.82, 2.24) is 10.4 Å². The van der Waals surface area contributed by atoms with Crippen molar-refractivity contribution in [1.29, 1.82) is 0 Å². The summed E-state index contributed by atoms with van der Waals surface area (Å²) in [6, 6.07) is 9.56. The van der Waals surface area contributed by atoms with Crippen LogP contribution in [0.4, 0.5) is 0 Å². The molecular weight excluding hydrogens is 336 g/mol. The Kier molecular flexibility index (Phi) is 4.78. The number of hydrazine groups is 1. The summed E-state index contributed by atoms with van der Waals surface area (Å²) in [6.45, 7) is 0.567. The summed E-state index contributed by atoms with van der Waals surface area (Å²) in [5.74, 6) is 0.657. The number of nitrogens with zero attached hydrogens (tertiary/aromatic N) is 1. The Morgan fingerprint density at radius 1 is 0.957 bits per heavy atom. The molecule has 128 valence electrons. The van der Waals surface area contributed by atoms with Crippen molar-refractivity contribution in [3.63, 3.8) is 0 Å². The fraction of sp³-hybridized carbons (Fsp3) is 0.600. The van der Waals surface area contributed by atoms with Crippen molar-refractivity contribution in [2.75, 3.05) is 23.0 Å². The molecule has 0 unspecified atom stereocenters. The van der Waals surface area contributed by atoms with Gasteiger partial charge in [-0.15, -0.1) is 0 Å². The first-order valence-corrected chi connectivity index (χ1v) is 11.4. The molecule has 0 aromatic heterocycles. The van der Waals surface area contributed by atoms with E-state index in [0.717, 1.165) is 5.56 Å². The number of hydrogen-bond donors (Lipinski definition) is 1. The van der Waals surface area contributed by atoms with E-state index in [2.05, 4.69) is 5.43 Å². The van der Waals surface area contributed by atoms with Gasteiger partial charge in [-0.2, -0.15) is 0 Å². The van der Waals surface area contributed by atoms with Crippen LogP contribution >= 0.6 is 0 Å². The van der Waals surface area contributed by atoms with Crippen LogP contribution in [0.3, 0.4) is 0 Å². The van der Waals surface area contributed by atoms with Gasteiger partial charge >= 0.3 is 0 Å². The molecule has 1 N–H and O–H groups in total. The number of benzene rings is 1. The molecule has 0 amide bonds. The lowest BCUT2D eigenvalue weighted by atomic mass is 10.2.